The normalized spacial score (nSPS) is 11.3. The van der Waals surface area contributed by atoms with Gasteiger partial charge in [0.15, 0.2) is 0 Å². The molecule has 2 N–H and O–H groups in total. The van der Waals surface area contributed by atoms with Gasteiger partial charge in [0.2, 0.25) is 21.8 Å². The lowest BCUT2D eigenvalue weighted by atomic mass is 10.1. The molecule has 0 spiro atoms. The first-order valence-electron chi connectivity index (χ1n) is 7.35. The minimum Gasteiger partial charge on any atom is -0.274 e. The van der Waals surface area contributed by atoms with Gasteiger partial charge >= 0.3 is 0 Å². The average Bonchev–Trinajstić information content (AvgIpc) is 3.08. The SMILES string of the molecule is CCC(=O)N(C(=O)CC)c1c(-c2ccsc2)cccc1S(N)(=O)=O. The van der Waals surface area contributed by atoms with E-state index in [1.807, 2.05) is 10.8 Å². The van der Waals surface area contributed by atoms with Gasteiger partial charge in [-0.25, -0.2) is 18.5 Å². The maximum Gasteiger partial charge on any atom is 0.240 e. The fourth-order valence-electron chi connectivity index (χ4n) is 2.34. The molecule has 2 amide bonds. The summed E-state index contributed by atoms with van der Waals surface area (Å²) < 4.78 is 24.1. The number of benzene rings is 1. The number of anilines is 1. The third-order valence-electron chi connectivity index (χ3n) is 3.47. The Hall–Kier alpha value is -2.03. The molecule has 0 aliphatic carbocycles. The Balaban J connectivity index is 2.86. The van der Waals surface area contributed by atoms with Gasteiger partial charge in [-0.1, -0.05) is 26.0 Å². The molecule has 0 aliphatic rings. The number of rotatable bonds is 5. The first kappa shape index (κ1) is 18.3. The number of nitrogens with two attached hydrogens (primary N) is 1. The molecular weight excluding hydrogens is 348 g/mol. The number of primary sulfonamides is 1. The van der Waals surface area contributed by atoms with Crippen molar-refractivity contribution < 1.29 is 18.0 Å². The number of thiophene rings is 1. The van der Waals surface area contributed by atoms with E-state index < -0.39 is 21.8 Å². The van der Waals surface area contributed by atoms with Crippen LogP contribution in [0, 0.1) is 0 Å². The minimum atomic E-state index is -4.12. The molecule has 1 heterocycles. The lowest BCUT2D eigenvalue weighted by molar-refractivity contribution is -0.126. The van der Waals surface area contributed by atoms with Crippen LogP contribution >= 0.6 is 11.3 Å². The van der Waals surface area contributed by atoms with Crippen molar-refractivity contribution in [3.63, 3.8) is 0 Å². The van der Waals surface area contributed by atoms with Gasteiger partial charge in [0.1, 0.15) is 4.90 Å². The highest BCUT2D eigenvalue weighted by Gasteiger charge is 2.29. The highest BCUT2D eigenvalue weighted by Crippen LogP contribution is 2.37. The molecule has 0 aliphatic heterocycles. The summed E-state index contributed by atoms with van der Waals surface area (Å²) in [6.07, 6.45) is 0.127. The molecular formula is C16H18N2O4S2. The van der Waals surface area contributed by atoms with Gasteiger partial charge in [-0.05, 0) is 28.5 Å². The van der Waals surface area contributed by atoms with E-state index in [9.17, 15) is 18.0 Å². The first-order valence-corrected chi connectivity index (χ1v) is 9.84. The van der Waals surface area contributed by atoms with Crippen LogP contribution in [0.2, 0.25) is 0 Å². The van der Waals surface area contributed by atoms with Crippen molar-refractivity contribution >= 4 is 38.9 Å². The lowest BCUT2D eigenvalue weighted by Crippen LogP contribution is -2.37. The van der Waals surface area contributed by atoms with E-state index >= 15 is 0 Å². The quantitative estimate of drug-likeness (QED) is 0.880. The third-order valence-corrected chi connectivity index (χ3v) is 5.09. The van der Waals surface area contributed by atoms with Crippen molar-refractivity contribution in [1.82, 2.24) is 0 Å². The van der Waals surface area contributed by atoms with Gasteiger partial charge in [-0.2, -0.15) is 11.3 Å². The van der Waals surface area contributed by atoms with Crippen LogP contribution in [-0.2, 0) is 19.6 Å². The Labute approximate surface area is 145 Å². The zero-order chi connectivity index (χ0) is 17.9. The van der Waals surface area contributed by atoms with E-state index in [4.69, 9.17) is 5.14 Å². The summed E-state index contributed by atoms with van der Waals surface area (Å²) in [5.74, 6) is -0.955. The molecule has 6 nitrogen and oxygen atoms in total. The van der Waals surface area contributed by atoms with Gasteiger partial charge in [-0.3, -0.25) is 9.59 Å². The van der Waals surface area contributed by atoms with Crippen LogP contribution in [0.5, 0.6) is 0 Å². The number of sulfonamides is 1. The highest BCUT2D eigenvalue weighted by atomic mass is 32.2. The molecule has 0 fully saturated rings. The Morgan fingerprint density at radius 2 is 1.75 bits per heavy atom. The Bertz CT molecular complexity index is 842. The van der Waals surface area contributed by atoms with E-state index in [-0.39, 0.29) is 23.4 Å². The van der Waals surface area contributed by atoms with Crippen LogP contribution in [0.15, 0.2) is 39.9 Å². The van der Waals surface area contributed by atoms with E-state index in [1.165, 1.54) is 17.4 Å². The summed E-state index contributed by atoms with van der Waals surface area (Å²) in [7, 11) is -4.12. The minimum absolute atomic E-state index is 0.0251. The van der Waals surface area contributed by atoms with Crippen molar-refractivity contribution in [2.45, 2.75) is 31.6 Å². The van der Waals surface area contributed by atoms with Crippen molar-refractivity contribution in [2.75, 3.05) is 4.90 Å². The maximum absolute atomic E-state index is 12.4. The average molecular weight is 366 g/mol. The topological polar surface area (TPSA) is 97.5 Å². The molecule has 1 aromatic carbocycles. The number of nitrogens with zero attached hydrogens (tertiary/aromatic N) is 1. The smallest absolute Gasteiger partial charge is 0.240 e. The summed E-state index contributed by atoms with van der Waals surface area (Å²) >= 11 is 1.43. The third kappa shape index (κ3) is 3.55. The maximum atomic E-state index is 12.4. The van der Waals surface area contributed by atoms with Crippen LogP contribution in [0.4, 0.5) is 5.69 Å². The molecule has 1 aromatic heterocycles. The number of imide groups is 1. The number of para-hydroxylation sites is 1. The Kier molecular flexibility index (Phi) is 5.53. The first-order chi connectivity index (χ1) is 11.3. The molecule has 0 atom stereocenters. The summed E-state index contributed by atoms with van der Waals surface area (Å²) in [5.41, 5.74) is 1.22. The highest BCUT2D eigenvalue weighted by molar-refractivity contribution is 7.89. The summed E-state index contributed by atoms with van der Waals surface area (Å²) in [4.78, 5) is 25.5. The fourth-order valence-corrected chi connectivity index (χ4v) is 3.73. The number of hydrogen-bond donors (Lipinski definition) is 1. The Morgan fingerprint density at radius 1 is 1.12 bits per heavy atom. The van der Waals surface area contributed by atoms with Crippen LogP contribution in [0.1, 0.15) is 26.7 Å². The van der Waals surface area contributed by atoms with E-state index in [0.29, 0.717) is 5.56 Å². The van der Waals surface area contributed by atoms with Gasteiger partial charge < -0.3 is 0 Å². The molecule has 0 saturated carbocycles. The monoisotopic (exact) mass is 366 g/mol. The molecule has 24 heavy (non-hydrogen) atoms. The van der Waals surface area contributed by atoms with Gasteiger partial charge in [0, 0.05) is 18.4 Å². The number of carbonyl (C=O) groups is 2. The predicted molar refractivity (Wildman–Crippen MR) is 94.2 cm³/mol. The second kappa shape index (κ2) is 7.25. The molecule has 0 bridgehead atoms. The molecule has 0 radical (unpaired) electrons. The Morgan fingerprint density at radius 3 is 2.21 bits per heavy atom. The molecule has 2 rings (SSSR count). The van der Waals surface area contributed by atoms with Crippen LogP contribution in [-0.4, -0.2) is 20.2 Å². The summed E-state index contributed by atoms with van der Waals surface area (Å²) in [6.45, 7) is 3.23. The number of amides is 2. The van der Waals surface area contributed by atoms with Gasteiger partial charge in [0.25, 0.3) is 0 Å². The second-order valence-corrected chi connectivity index (χ2v) is 7.35. The molecule has 2 aromatic rings. The molecule has 0 saturated heterocycles. The van der Waals surface area contributed by atoms with E-state index in [1.54, 1.807) is 32.0 Å². The van der Waals surface area contributed by atoms with E-state index in [0.717, 1.165) is 10.5 Å². The van der Waals surface area contributed by atoms with E-state index in [2.05, 4.69) is 0 Å². The van der Waals surface area contributed by atoms with Crippen molar-refractivity contribution in [3.8, 4) is 11.1 Å². The van der Waals surface area contributed by atoms with Gasteiger partial charge in [0.05, 0.1) is 5.69 Å². The number of carbonyl (C=O) groups excluding carboxylic acids is 2. The standard InChI is InChI=1S/C16H18N2O4S2/c1-3-14(19)18(15(20)4-2)16-12(11-8-9-23-10-11)6-5-7-13(16)24(17,21)22/h5-10H,3-4H2,1-2H3,(H2,17,21,22). The second-order valence-electron chi connectivity index (χ2n) is 5.04. The van der Waals surface area contributed by atoms with Crippen molar-refractivity contribution in [3.05, 3.63) is 35.0 Å². The molecule has 128 valence electrons. The fraction of sp³-hybridized carbons (Fsp3) is 0.250. The largest absolute Gasteiger partial charge is 0.274 e. The van der Waals surface area contributed by atoms with Crippen LogP contribution in [0.25, 0.3) is 11.1 Å². The number of hydrogen-bond acceptors (Lipinski definition) is 5. The zero-order valence-electron chi connectivity index (χ0n) is 13.4. The zero-order valence-corrected chi connectivity index (χ0v) is 15.0. The molecule has 0 unspecified atom stereocenters. The van der Waals surface area contributed by atoms with Crippen molar-refractivity contribution in [1.29, 1.82) is 0 Å². The summed E-state index contributed by atoms with van der Waals surface area (Å²) in [5, 5.41) is 8.97. The van der Waals surface area contributed by atoms with Crippen molar-refractivity contribution in [2.24, 2.45) is 5.14 Å². The molecule has 8 heteroatoms. The van der Waals surface area contributed by atoms with Crippen LogP contribution in [0.3, 0.4) is 0 Å². The van der Waals surface area contributed by atoms with Gasteiger partial charge in [-0.15, -0.1) is 0 Å². The lowest BCUT2D eigenvalue weighted by Gasteiger charge is -2.24. The summed E-state index contributed by atoms with van der Waals surface area (Å²) in [6, 6.07) is 6.31. The van der Waals surface area contributed by atoms with Crippen LogP contribution < -0.4 is 10.0 Å². The predicted octanol–water partition coefficient (Wildman–Crippen LogP) is 2.74.